The van der Waals surface area contributed by atoms with Gasteiger partial charge in [-0.15, -0.1) is 0 Å². The maximum Gasteiger partial charge on any atom is 0.123 e. The molecular formula is C13H21FN2O. The Bertz CT molecular complexity index is 303. The molecule has 4 heteroatoms. The molecule has 0 saturated heterocycles. The Morgan fingerprint density at radius 1 is 1.29 bits per heavy atom. The van der Waals surface area contributed by atoms with Gasteiger partial charge in [0.05, 0.1) is 0 Å². The number of hydrazine groups is 1. The van der Waals surface area contributed by atoms with Crippen LogP contribution in [0.25, 0.3) is 0 Å². The van der Waals surface area contributed by atoms with E-state index in [1.165, 1.54) is 12.1 Å². The zero-order valence-electron chi connectivity index (χ0n) is 10.3. The monoisotopic (exact) mass is 240 g/mol. The lowest BCUT2D eigenvalue weighted by Gasteiger charge is -2.15. The average molecular weight is 240 g/mol. The second kappa shape index (κ2) is 8.17. The second-order valence-corrected chi connectivity index (χ2v) is 4.10. The summed E-state index contributed by atoms with van der Waals surface area (Å²) >= 11 is 0. The minimum absolute atomic E-state index is 0.164. The van der Waals surface area contributed by atoms with E-state index < -0.39 is 0 Å². The Hall–Kier alpha value is -0.970. The maximum atomic E-state index is 12.7. The minimum atomic E-state index is -0.211. The Labute approximate surface area is 102 Å². The van der Waals surface area contributed by atoms with Crippen molar-refractivity contribution in [2.24, 2.45) is 5.84 Å². The Balaban J connectivity index is 2.33. The van der Waals surface area contributed by atoms with Gasteiger partial charge >= 0.3 is 0 Å². The third kappa shape index (κ3) is 5.77. The molecule has 0 bridgehead atoms. The first-order valence-electron chi connectivity index (χ1n) is 6.04. The van der Waals surface area contributed by atoms with Crippen molar-refractivity contribution in [3.05, 3.63) is 35.6 Å². The molecule has 0 aliphatic heterocycles. The van der Waals surface area contributed by atoms with Crippen molar-refractivity contribution in [1.82, 2.24) is 5.43 Å². The molecule has 1 rings (SSSR count). The smallest absolute Gasteiger partial charge is 0.123 e. The van der Waals surface area contributed by atoms with Crippen LogP contribution in [0.2, 0.25) is 0 Å². The van der Waals surface area contributed by atoms with Crippen molar-refractivity contribution >= 4 is 0 Å². The first-order chi connectivity index (χ1) is 8.26. The van der Waals surface area contributed by atoms with E-state index in [0.29, 0.717) is 6.61 Å². The summed E-state index contributed by atoms with van der Waals surface area (Å²) in [6.07, 6.45) is 2.67. The normalized spacial score (nSPS) is 12.6. The molecule has 0 spiro atoms. The Kier molecular flexibility index (Phi) is 6.77. The van der Waals surface area contributed by atoms with Gasteiger partial charge in [0.1, 0.15) is 5.82 Å². The van der Waals surface area contributed by atoms with Crippen LogP contribution in [0.4, 0.5) is 4.39 Å². The molecular weight excluding hydrogens is 219 g/mol. The molecule has 3 nitrogen and oxygen atoms in total. The van der Waals surface area contributed by atoms with Crippen LogP contribution in [0.15, 0.2) is 24.3 Å². The van der Waals surface area contributed by atoms with Crippen LogP contribution in [-0.2, 0) is 11.2 Å². The molecule has 1 atom stereocenters. The summed E-state index contributed by atoms with van der Waals surface area (Å²) in [5, 5.41) is 0. The van der Waals surface area contributed by atoms with Crippen molar-refractivity contribution in [1.29, 1.82) is 0 Å². The van der Waals surface area contributed by atoms with E-state index in [-0.39, 0.29) is 11.9 Å². The first-order valence-corrected chi connectivity index (χ1v) is 6.04. The molecule has 1 aromatic rings. The van der Waals surface area contributed by atoms with Gasteiger partial charge in [-0.05, 0) is 37.0 Å². The SMILES string of the molecule is CCCOCCC(Cc1ccc(F)cc1)NN. The average Bonchev–Trinajstić information content (AvgIpc) is 2.35. The first kappa shape index (κ1) is 14.1. The quantitative estimate of drug-likeness (QED) is 0.415. The fourth-order valence-corrected chi connectivity index (χ4v) is 1.62. The van der Waals surface area contributed by atoms with Gasteiger partial charge in [-0.1, -0.05) is 19.1 Å². The lowest BCUT2D eigenvalue weighted by atomic mass is 10.0. The van der Waals surface area contributed by atoms with E-state index in [4.69, 9.17) is 10.6 Å². The number of nitrogens with one attached hydrogen (secondary N) is 1. The van der Waals surface area contributed by atoms with Crippen LogP contribution in [-0.4, -0.2) is 19.3 Å². The molecule has 17 heavy (non-hydrogen) atoms. The summed E-state index contributed by atoms with van der Waals surface area (Å²) in [5.74, 6) is 5.27. The van der Waals surface area contributed by atoms with Crippen molar-refractivity contribution in [3.63, 3.8) is 0 Å². The molecule has 0 aromatic heterocycles. The van der Waals surface area contributed by atoms with Crippen LogP contribution < -0.4 is 11.3 Å². The van der Waals surface area contributed by atoms with Gasteiger partial charge in [0, 0.05) is 19.3 Å². The number of hydrogen-bond donors (Lipinski definition) is 2. The molecule has 0 amide bonds. The zero-order chi connectivity index (χ0) is 12.5. The van der Waals surface area contributed by atoms with Crippen LogP contribution in [0.5, 0.6) is 0 Å². The molecule has 0 saturated carbocycles. The predicted octanol–water partition coefficient (Wildman–Crippen LogP) is 2.02. The number of hydrogen-bond acceptors (Lipinski definition) is 3. The zero-order valence-corrected chi connectivity index (χ0v) is 10.3. The molecule has 0 fully saturated rings. The summed E-state index contributed by atoms with van der Waals surface area (Å²) in [6, 6.07) is 6.67. The third-order valence-corrected chi connectivity index (χ3v) is 2.59. The second-order valence-electron chi connectivity index (χ2n) is 4.10. The van der Waals surface area contributed by atoms with Gasteiger partial charge in [0.15, 0.2) is 0 Å². The molecule has 0 aliphatic rings. The number of halogens is 1. The Morgan fingerprint density at radius 2 is 2.00 bits per heavy atom. The molecule has 1 aromatic carbocycles. The van der Waals surface area contributed by atoms with E-state index >= 15 is 0 Å². The van der Waals surface area contributed by atoms with Crippen LogP contribution in [0, 0.1) is 5.82 Å². The third-order valence-electron chi connectivity index (χ3n) is 2.59. The van der Waals surface area contributed by atoms with Gasteiger partial charge in [0.2, 0.25) is 0 Å². The van der Waals surface area contributed by atoms with Gasteiger partial charge in [-0.3, -0.25) is 11.3 Å². The van der Waals surface area contributed by atoms with E-state index in [0.717, 1.165) is 31.4 Å². The lowest BCUT2D eigenvalue weighted by molar-refractivity contribution is 0.124. The van der Waals surface area contributed by atoms with Gasteiger partial charge in [-0.25, -0.2) is 4.39 Å². The molecule has 3 N–H and O–H groups in total. The van der Waals surface area contributed by atoms with Crippen LogP contribution in [0.3, 0.4) is 0 Å². The number of benzene rings is 1. The lowest BCUT2D eigenvalue weighted by Crippen LogP contribution is -2.37. The number of rotatable bonds is 8. The highest BCUT2D eigenvalue weighted by molar-refractivity contribution is 5.17. The number of nitrogens with two attached hydrogens (primary N) is 1. The van der Waals surface area contributed by atoms with Gasteiger partial charge in [0.25, 0.3) is 0 Å². The number of ether oxygens (including phenoxy) is 1. The van der Waals surface area contributed by atoms with Crippen molar-refractivity contribution in [2.75, 3.05) is 13.2 Å². The molecule has 0 aliphatic carbocycles. The standard InChI is InChI=1S/C13H21FN2O/c1-2-8-17-9-7-13(16-15)10-11-3-5-12(14)6-4-11/h3-6,13,16H,2,7-10,15H2,1H3. The molecule has 1 unspecified atom stereocenters. The van der Waals surface area contributed by atoms with Crippen LogP contribution in [0.1, 0.15) is 25.3 Å². The highest BCUT2D eigenvalue weighted by atomic mass is 19.1. The fourth-order valence-electron chi connectivity index (χ4n) is 1.62. The van der Waals surface area contributed by atoms with Gasteiger partial charge in [-0.2, -0.15) is 0 Å². The van der Waals surface area contributed by atoms with Crippen molar-refractivity contribution in [2.45, 2.75) is 32.2 Å². The van der Waals surface area contributed by atoms with E-state index in [1.54, 1.807) is 12.1 Å². The van der Waals surface area contributed by atoms with E-state index in [9.17, 15) is 4.39 Å². The predicted molar refractivity (Wildman–Crippen MR) is 66.9 cm³/mol. The maximum absolute atomic E-state index is 12.7. The largest absolute Gasteiger partial charge is 0.381 e. The summed E-state index contributed by atoms with van der Waals surface area (Å²) in [5.41, 5.74) is 3.84. The summed E-state index contributed by atoms with van der Waals surface area (Å²) in [6.45, 7) is 3.56. The van der Waals surface area contributed by atoms with E-state index in [2.05, 4.69) is 12.3 Å². The Morgan fingerprint density at radius 3 is 2.59 bits per heavy atom. The molecule has 96 valence electrons. The molecule has 0 radical (unpaired) electrons. The highest BCUT2D eigenvalue weighted by Crippen LogP contribution is 2.07. The van der Waals surface area contributed by atoms with Crippen molar-refractivity contribution < 1.29 is 9.13 Å². The summed E-state index contributed by atoms with van der Waals surface area (Å²) < 4.78 is 18.1. The van der Waals surface area contributed by atoms with Gasteiger partial charge < -0.3 is 4.74 Å². The fraction of sp³-hybridized carbons (Fsp3) is 0.538. The molecule has 0 heterocycles. The van der Waals surface area contributed by atoms with Crippen LogP contribution >= 0.6 is 0 Å². The van der Waals surface area contributed by atoms with E-state index in [1.807, 2.05) is 0 Å². The summed E-state index contributed by atoms with van der Waals surface area (Å²) in [7, 11) is 0. The highest BCUT2D eigenvalue weighted by Gasteiger charge is 2.07. The topological polar surface area (TPSA) is 47.3 Å². The summed E-state index contributed by atoms with van der Waals surface area (Å²) in [4.78, 5) is 0. The van der Waals surface area contributed by atoms with Crippen molar-refractivity contribution in [3.8, 4) is 0 Å². The minimum Gasteiger partial charge on any atom is -0.381 e.